The Labute approximate surface area is 124 Å². The van der Waals surface area contributed by atoms with Crippen LogP contribution in [0.2, 0.25) is 5.02 Å². The van der Waals surface area contributed by atoms with Crippen LogP contribution in [0.25, 0.3) is 0 Å². The van der Waals surface area contributed by atoms with Gasteiger partial charge in [-0.1, -0.05) is 17.7 Å². The predicted octanol–water partition coefficient (Wildman–Crippen LogP) is 3.17. The number of anilines is 1. The first-order chi connectivity index (χ1) is 9.30. The van der Waals surface area contributed by atoms with Gasteiger partial charge in [0, 0.05) is 31.7 Å². The molecule has 1 aliphatic rings. The molecule has 110 valence electrons. The average Bonchev–Trinajstić information content (AvgIpc) is 2.37. The van der Waals surface area contributed by atoms with E-state index in [-0.39, 0.29) is 16.2 Å². The summed E-state index contributed by atoms with van der Waals surface area (Å²) in [6.07, 6.45) is 0. The van der Waals surface area contributed by atoms with Crippen LogP contribution in [0.3, 0.4) is 0 Å². The molecule has 5 nitrogen and oxygen atoms in total. The van der Waals surface area contributed by atoms with Crippen molar-refractivity contribution in [2.24, 2.45) is 0 Å². The molecule has 0 bridgehead atoms. The highest BCUT2D eigenvalue weighted by Gasteiger charge is 2.29. The highest BCUT2D eigenvalue weighted by Crippen LogP contribution is 2.35. The van der Waals surface area contributed by atoms with E-state index in [1.165, 1.54) is 0 Å². The molecule has 0 aromatic heterocycles. The van der Waals surface area contributed by atoms with Crippen molar-refractivity contribution in [1.82, 2.24) is 4.90 Å². The fourth-order valence-electron chi connectivity index (χ4n) is 2.56. The molecule has 2 rings (SSSR count). The summed E-state index contributed by atoms with van der Waals surface area (Å²) in [5, 5.41) is 11.4. The molecule has 1 aliphatic heterocycles. The fraction of sp³-hybridized carbons (Fsp3) is 0.571. The van der Waals surface area contributed by atoms with E-state index >= 15 is 0 Å². The molecule has 1 fully saturated rings. The summed E-state index contributed by atoms with van der Waals surface area (Å²) < 4.78 is 0. The minimum Gasteiger partial charge on any atom is -0.363 e. The molecule has 0 amide bonds. The Morgan fingerprint density at radius 3 is 2.30 bits per heavy atom. The molecule has 0 spiro atoms. The van der Waals surface area contributed by atoms with Gasteiger partial charge in [0.15, 0.2) is 0 Å². The van der Waals surface area contributed by atoms with Crippen LogP contribution in [0, 0.1) is 10.1 Å². The predicted molar refractivity (Wildman–Crippen MR) is 81.6 cm³/mol. The molecule has 0 radical (unpaired) electrons. The van der Waals surface area contributed by atoms with Crippen LogP contribution in [0.5, 0.6) is 0 Å². The Balaban J connectivity index is 2.19. The number of nitro groups is 1. The largest absolute Gasteiger partial charge is 0.363 e. The van der Waals surface area contributed by atoms with Gasteiger partial charge >= 0.3 is 5.69 Å². The summed E-state index contributed by atoms with van der Waals surface area (Å²) in [7, 11) is 0. The van der Waals surface area contributed by atoms with Gasteiger partial charge < -0.3 is 4.90 Å². The smallest absolute Gasteiger partial charge is 0.310 e. The molecule has 0 atom stereocenters. The van der Waals surface area contributed by atoms with E-state index in [0.29, 0.717) is 5.69 Å². The second-order valence-electron chi connectivity index (χ2n) is 6.01. The van der Waals surface area contributed by atoms with Crippen LogP contribution >= 0.6 is 11.6 Å². The number of nitrogens with zero attached hydrogens (tertiary/aromatic N) is 3. The molecule has 6 heteroatoms. The van der Waals surface area contributed by atoms with Gasteiger partial charge in [0.05, 0.1) is 4.92 Å². The summed E-state index contributed by atoms with van der Waals surface area (Å²) in [5.74, 6) is 0. The number of hydrogen-bond acceptors (Lipinski definition) is 4. The van der Waals surface area contributed by atoms with Gasteiger partial charge in [0.2, 0.25) is 0 Å². The molecular weight excluding hydrogens is 278 g/mol. The lowest BCUT2D eigenvalue weighted by Gasteiger charge is -2.42. The van der Waals surface area contributed by atoms with Gasteiger partial charge in [0.1, 0.15) is 10.7 Å². The van der Waals surface area contributed by atoms with Gasteiger partial charge in [-0.15, -0.1) is 0 Å². The molecule has 0 unspecified atom stereocenters. The van der Waals surface area contributed by atoms with Gasteiger partial charge in [-0.05, 0) is 32.9 Å². The van der Waals surface area contributed by atoms with Crippen molar-refractivity contribution >= 4 is 23.0 Å². The van der Waals surface area contributed by atoms with Crippen molar-refractivity contribution in [2.75, 3.05) is 31.1 Å². The molecule has 1 aromatic carbocycles. The van der Waals surface area contributed by atoms with E-state index in [0.717, 1.165) is 26.2 Å². The number of benzene rings is 1. The molecule has 1 heterocycles. The molecule has 0 aliphatic carbocycles. The first-order valence-corrected chi connectivity index (χ1v) is 7.11. The minimum absolute atomic E-state index is 0.0124. The van der Waals surface area contributed by atoms with Crippen LogP contribution in [0.15, 0.2) is 18.2 Å². The number of rotatable bonds is 2. The van der Waals surface area contributed by atoms with Crippen molar-refractivity contribution < 1.29 is 4.92 Å². The van der Waals surface area contributed by atoms with E-state index in [1.807, 2.05) is 4.90 Å². The van der Waals surface area contributed by atoms with Gasteiger partial charge in [0.25, 0.3) is 0 Å². The van der Waals surface area contributed by atoms with E-state index < -0.39 is 4.92 Å². The first-order valence-electron chi connectivity index (χ1n) is 6.73. The van der Waals surface area contributed by atoms with Crippen molar-refractivity contribution in [2.45, 2.75) is 26.3 Å². The summed E-state index contributed by atoms with van der Waals surface area (Å²) in [6.45, 7) is 9.90. The SMILES string of the molecule is CC(C)(C)N1CCN(c2cccc(Cl)c2[N+](=O)[O-])CC1. The zero-order valence-electron chi connectivity index (χ0n) is 12.1. The Morgan fingerprint density at radius 2 is 1.80 bits per heavy atom. The fourth-order valence-corrected chi connectivity index (χ4v) is 2.80. The quantitative estimate of drug-likeness (QED) is 0.621. The Kier molecular flexibility index (Phi) is 4.20. The van der Waals surface area contributed by atoms with Gasteiger partial charge in [-0.2, -0.15) is 0 Å². The molecule has 1 aromatic rings. The Bertz CT molecular complexity index is 506. The molecule has 1 saturated heterocycles. The van der Waals surface area contributed by atoms with E-state index in [1.54, 1.807) is 18.2 Å². The van der Waals surface area contributed by atoms with E-state index in [2.05, 4.69) is 25.7 Å². The molecule has 0 N–H and O–H groups in total. The summed E-state index contributed by atoms with van der Waals surface area (Å²) in [4.78, 5) is 15.2. The maximum atomic E-state index is 11.2. The maximum absolute atomic E-state index is 11.2. The molecule has 20 heavy (non-hydrogen) atoms. The van der Waals surface area contributed by atoms with Crippen LogP contribution in [-0.4, -0.2) is 41.5 Å². The van der Waals surface area contributed by atoms with Crippen molar-refractivity contribution in [3.8, 4) is 0 Å². The lowest BCUT2D eigenvalue weighted by Crippen LogP contribution is -2.53. The maximum Gasteiger partial charge on any atom is 0.310 e. The van der Waals surface area contributed by atoms with Crippen LogP contribution < -0.4 is 4.90 Å². The number of piperazine rings is 1. The topological polar surface area (TPSA) is 49.6 Å². The normalized spacial score (nSPS) is 17.3. The first kappa shape index (κ1) is 15.1. The third kappa shape index (κ3) is 3.04. The van der Waals surface area contributed by atoms with Crippen LogP contribution in [0.4, 0.5) is 11.4 Å². The van der Waals surface area contributed by atoms with Crippen molar-refractivity contribution in [1.29, 1.82) is 0 Å². The zero-order valence-corrected chi connectivity index (χ0v) is 12.9. The van der Waals surface area contributed by atoms with Gasteiger partial charge in [-0.3, -0.25) is 15.0 Å². The second kappa shape index (κ2) is 5.58. The summed E-state index contributed by atoms with van der Waals surface area (Å²) >= 11 is 5.97. The average molecular weight is 298 g/mol. The van der Waals surface area contributed by atoms with Crippen LogP contribution in [-0.2, 0) is 0 Å². The second-order valence-corrected chi connectivity index (χ2v) is 6.42. The zero-order chi connectivity index (χ0) is 14.9. The third-order valence-electron chi connectivity index (χ3n) is 3.72. The minimum atomic E-state index is -0.395. The number of para-hydroxylation sites is 1. The Hall–Kier alpha value is -1.33. The third-order valence-corrected chi connectivity index (χ3v) is 4.02. The van der Waals surface area contributed by atoms with E-state index in [9.17, 15) is 10.1 Å². The van der Waals surface area contributed by atoms with E-state index in [4.69, 9.17) is 11.6 Å². The van der Waals surface area contributed by atoms with Gasteiger partial charge in [-0.25, -0.2) is 0 Å². The molecule has 0 saturated carbocycles. The lowest BCUT2D eigenvalue weighted by molar-refractivity contribution is -0.384. The van der Waals surface area contributed by atoms with Crippen molar-refractivity contribution in [3.05, 3.63) is 33.3 Å². The number of hydrogen-bond donors (Lipinski definition) is 0. The van der Waals surface area contributed by atoms with Crippen molar-refractivity contribution in [3.63, 3.8) is 0 Å². The summed E-state index contributed by atoms with van der Waals surface area (Å²) in [6, 6.07) is 5.10. The highest BCUT2D eigenvalue weighted by atomic mass is 35.5. The highest BCUT2D eigenvalue weighted by molar-refractivity contribution is 6.33. The number of nitro benzene ring substituents is 1. The lowest BCUT2D eigenvalue weighted by atomic mass is 10.0. The molecular formula is C14H20ClN3O2. The Morgan fingerprint density at radius 1 is 1.20 bits per heavy atom. The standard InChI is InChI=1S/C14H20ClN3O2/c1-14(2,3)17-9-7-16(8-10-17)12-6-4-5-11(15)13(12)18(19)20/h4-6H,7-10H2,1-3H3. The number of halogens is 1. The summed E-state index contributed by atoms with van der Waals surface area (Å²) in [5.41, 5.74) is 0.765. The monoisotopic (exact) mass is 297 g/mol. The van der Waals surface area contributed by atoms with Crippen LogP contribution in [0.1, 0.15) is 20.8 Å².